The molecule has 1 amide bonds. The Morgan fingerprint density at radius 2 is 1.91 bits per heavy atom. The predicted molar refractivity (Wildman–Crippen MR) is 73.4 cm³/mol. The van der Waals surface area contributed by atoms with Crippen LogP contribution in [0.15, 0.2) is 18.2 Å². The number of amides is 1. The number of carbonyl (C=O) groups excluding carboxylic acids is 1. The van der Waals surface area contributed by atoms with Crippen molar-refractivity contribution >= 4 is 11.9 Å². The average Bonchev–Trinajstić information content (AvgIpc) is 2.50. The number of benzene rings is 1. The fourth-order valence-electron chi connectivity index (χ4n) is 2.41. The van der Waals surface area contributed by atoms with E-state index in [9.17, 15) is 18.4 Å². The molecule has 1 aliphatic rings. The van der Waals surface area contributed by atoms with E-state index in [2.05, 4.69) is 0 Å². The highest BCUT2D eigenvalue weighted by Crippen LogP contribution is 2.20. The SMILES string of the molecule is CC(Oc1ccc(F)c(F)c1)C(=O)N1CCC(C(=O)O)CC1. The van der Waals surface area contributed by atoms with Crippen LogP contribution in [0.5, 0.6) is 5.75 Å². The number of nitrogens with zero attached hydrogens (tertiary/aromatic N) is 1. The van der Waals surface area contributed by atoms with Crippen LogP contribution in [0.3, 0.4) is 0 Å². The van der Waals surface area contributed by atoms with Gasteiger partial charge in [0.1, 0.15) is 5.75 Å². The molecule has 2 rings (SSSR count). The third-order valence-corrected chi connectivity index (χ3v) is 3.71. The van der Waals surface area contributed by atoms with Gasteiger partial charge in [-0.25, -0.2) is 8.78 Å². The normalized spacial score (nSPS) is 17.1. The number of carboxylic acid groups (broad SMARTS) is 1. The highest BCUT2D eigenvalue weighted by atomic mass is 19.2. The molecular weight excluding hydrogens is 296 g/mol. The summed E-state index contributed by atoms with van der Waals surface area (Å²) in [5.74, 6) is -3.53. The Bertz CT molecular complexity index is 571. The van der Waals surface area contributed by atoms with E-state index in [1.165, 1.54) is 17.9 Å². The molecule has 7 heteroatoms. The Labute approximate surface area is 126 Å². The second kappa shape index (κ2) is 6.72. The summed E-state index contributed by atoms with van der Waals surface area (Å²) in [6, 6.07) is 3.06. The van der Waals surface area contributed by atoms with Gasteiger partial charge in [-0.15, -0.1) is 0 Å². The maximum Gasteiger partial charge on any atom is 0.306 e. The van der Waals surface area contributed by atoms with E-state index in [0.717, 1.165) is 12.1 Å². The number of hydrogen-bond donors (Lipinski definition) is 1. The summed E-state index contributed by atoms with van der Waals surface area (Å²) in [6.07, 6.45) is -0.0518. The highest BCUT2D eigenvalue weighted by Gasteiger charge is 2.29. The minimum Gasteiger partial charge on any atom is -0.481 e. The Morgan fingerprint density at radius 3 is 2.45 bits per heavy atom. The molecule has 1 fully saturated rings. The summed E-state index contributed by atoms with van der Waals surface area (Å²) in [5.41, 5.74) is 0. The molecule has 1 aromatic rings. The zero-order valence-electron chi connectivity index (χ0n) is 12.1. The molecule has 22 heavy (non-hydrogen) atoms. The van der Waals surface area contributed by atoms with Crippen LogP contribution >= 0.6 is 0 Å². The third-order valence-electron chi connectivity index (χ3n) is 3.71. The largest absolute Gasteiger partial charge is 0.481 e. The first-order chi connectivity index (χ1) is 10.4. The quantitative estimate of drug-likeness (QED) is 0.924. The van der Waals surface area contributed by atoms with Crippen LogP contribution in [0.2, 0.25) is 0 Å². The van der Waals surface area contributed by atoms with E-state index in [4.69, 9.17) is 9.84 Å². The van der Waals surface area contributed by atoms with Crippen molar-refractivity contribution in [2.24, 2.45) is 5.92 Å². The summed E-state index contributed by atoms with van der Waals surface area (Å²) in [5, 5.41) is 8.92. The van der Waals surface area contributed by atoms with E-state index in [-0.39, 0.29) is 11.7 Å². The molecule has 1 aromatic carbocycles. The van der Waals surface area contributed by atoms with Crippen molar-refractivity contribution in [2.45, 2.75) is 25.9 Å². The first-order valence-electron chi connectivity index (χ1n) is 7.01. The highest BCUT2D eigenvalue weighted by molar-refractivity contribution is 5.81. The number of hydrogen-bond acceptors (Lipinski definition) is 3. The number of halogens is 2. The van der Waals surface area contributed by atoms with E-state index >= 15 is 0 Å². The summed E-state index contributed by atoms with van der Waals surface area (Å²) in [7, 11) is 0. The van der Waals surface area contributed by atoms with Crippen molar-refractivity contribution in [3.8, 4) is 5.75 Å². The smallest absolute Gasteiger partial charge is 0.306 e. The van der Waals surface area contributed by atoms with Gasteiger partial charge in [0, 0.05) is 19.2 Å². The molecule has 1 heterocycles. The minimum atomic E-state index is -1.04. The molecular formula is C15H17F2NO4. The maximum absolute atomic E-state index is 13.1. The lowest BCUT2D eigenvalue weighted by molar-refractivity contribution is -0.147. The average molecular weight is 313 g/mol. The second-order valence-electron chi connectivity index (χ2n) is 5.27. The predicted octanol–water partition coefficient (Wildman–Crippen LogP) is 2.06. The van der Waals surface area contributed by atoms with Crippen molar-refractivity contribution in [3.05, 3.63) is 29.8 Å². The zero-order chi connectivity index (χ0) is 16.3. The molecule has 1 atom stereocenters. The van der Waals surface area contributed by atoms with Crippen LogP contribution in [0.4, 0.5) is 8.78 Å². The molecule has 120 valence electrons. The van der Waals surface area contributed by atoms with E-state index in [0.29, 0.717) is 25.9 Å². The third kappa shape index (κ3) is 3.72. The van der Waals surface area contributed by atoms with Gasteiger partial charge in [0.15, 0.2) is 17.7 Å². The summed E-state index contributed by atoms with van der Waals surface area (Å²) < 4.78 is 31.3. The first-order valence-corrected chi connectivity index (χ1v) is 7.01. The Morgan fingerprint density at radius 1 is 1.27 bits per heavy atom. The van der Waals surface area contributed by atoms with Crippen LogP contribution in [0.1, 0.15) is 19.8 Å². The lowest BCUT2D eigenvalue weighted by Gasteiger charge is -2.32. The molecule has 1 unspecified atom stereocenters. The van der Waals surface area contributed by atoms with Gasteiger partial charge in [0.25, 0.3) is 5.91 Å². The van der Waals surface area contributed by atoms with Gasteiger partial charge in [0.2, 0.25) is 0 Å². The Kier molecular flexibility index (Phi) is 4.95. The lowest BCUT2D eigenvalue weighted by Crippen LogP contribution is -2.45. The molecule has 1 aliphatic heterocycles. The molecule has 1 N–H and O–H groups in total. The molecule has 0 spiro atoms. The molecule has 1 saturated heterocycles. The van der Waals surface area contributed by atoms with Gasteiger partial charge in [-0.1, -0.05) is 0 Å². The molecule has 0 bridgehead atoms. The summed E-state index contributed by atoms with van der Waals surface area (Å²) in [6.45, 7) is 2.22. The van der Waals surface area contributed by atoms with Crippen LogP contribution in [-0.4, -0.2) is 41.1 Å². The lowest BCUT2D eigenvalue weighted by atomic mass is 9.97. The van der Waals surface area contributed by atoms with Crippen LogP contribution in [0, 0.1) is 17.6 Å². The van der Waals surface area contributed by atoms with Crippen molar-refractivity contribution in [1.29, 1.82) is 0 Å². The van der Waals surface area contributed by atoms with Crippen molar-refractivity contribution in [1.82, 2.24) is 4.90 Å². The van der Waals surface area contributed by atoms with Gasteiger partial charge in [-0.05, 0) is 31.9 Å². The van der Waals surface area contributed by atoms with Gasteiger partial charge in [0.05, 0.1) is 5.92 Å². The fourth-order valence-corrected chi connectivity index (χ4v) is 2.41. The van der Waals surface area contributed by atoms with Crippen molar-refractivity contribution < 1.29 is 28.2 Å². The number of aliphatic carboxylic acids is 1. The van der Waals surface area contributed by atoms with E-state index in [1.54, 1.807) is 0 Å². The second-order valence-corrected chi connectivity index (χ2v) is 5.27. The van der Waals surface area contributed by atoms with Gasteiger partial charge < -0.3 is 14.7 Å². The maximum atomic E-state index is 13.1. The number of ether oxygens (including phenoxy) is 1. The summed E-state index contributed by atoms with van der Waals surface area (Å²) >= 11 is 0. The zero-order valence-corrected chi connectivity index (χ0v) is 12.1. The molecule has 0 radical (unpaired) electrons. The van der Waals surface area contributed by atoms with E-state index in [1.807, 2.05) is 0 Å². The Hall–Kier alpha value is -2.18. The molecule has 0 aliphatic carbocycles. The number of rotatable bonds is 4. The van der Waals surface area contributed by atoms with Crippen LogP contribution in [0.25, 0.3) is 0 Å². The first kappa shape index (κ1) is 16.2. The van der Waals surface area contributed by atoms with Gasteiger partial charge >= 0.3 is 5.97 Å². The van der Waals surface area contributed by atoms with Crippen molar-refractivity contribution in [3.63, 3.8) is 0 Å². The monoisotopic (exact) mass is 313 g/mol. The standard InChI is InChI=1S/C15H17F2NO4/c1-9(22-11-2-3-12(16)13(17)8-11)14(19)18-6-4-10(5-7-18)15(20)21/h2-3,8-10H,4-7H2,1H3,(H,20,21). The number of carboxylic acids is 1. The summed E-state index contributed by atoms with van der Waals surface area (Å²) in [4.78, 5) is 24.6. The van der Waals surface area contributed by atoms with Crippen LogP contribution < -0.4 is 4.74 Å². The number of carbonyl (C=O) groups is 2. The number of piperidine rings is 1. The van der Waals surface area contributed by atoms with Gasteiger partial charge in [-0.2, -0.15) is 0 Å². The fraction of sp³-hybridized carbons (Fsp3) is 0.467. The van der Waals surface area contributed by atoms with Crippen molar-refractivity contribution in [2.75, 3.05) is 13.1 Å². The number of likely N-dealkylation sites (tertiary alicyclic amines) is 1. The molecule has 0 aromatic heterocycles. The molecule has 5 nitrogen and oxygen atoms in total. The minimum absolute atomic E-state index is 0.0696. The Balaban J connectivity index is 1.92. The van der Waals surface area contributed by atoms with E-state index < -0.39 is 29.6 Å². The van der Waals surface area contributed by atoms with Gasteiger partial charge in [-0.3, -0.25) is 9.59 Å². The van der Waals surface area contributed by atoms with Crippen LogP contribution in [-0.2, 0) is 9.59 Å². The topological polar surface area (TPSA) is 66.8 Å². The molecule has 0 saturated carbocycles.